The van der Waals surface area contributed by atoms with Crippen molar-refractivity contribution in [1.82, 2.24) is 20.1 Å². The monoisotopic (exact) mass is 303 g/mol. The average Bonchev–Trinajstić information content (AvgIpc) is 2.96. The van der Waals surface area contributed by atoms with Crippen LogP contribution in [-0.2, 0) is 5.75 Å². The topological polar surface area (TPSA) is 90.7 Å². The van der Waals surface area contributed by atoms with Gasteiger partial charge in [0.25, 0.3) is 5.89 Å². The van der Waals surface area contributed by atoms with Crippen molar-refractivity contribution < 1.29 is 8.91 Å². The molecule has 0 aliphatic heterocycles. The number of benzene rings is 1. The van der Waals surface area contributed by atoms with Gasteiger partial charge in [0.05, 0.1) is 5.75 Å². The zero-order valence-corrected chi connectivity index (χ0v) is 11.5. The van der Waals surface area contributed by atoms with E-state index in [1.54, 1.807) is 18.2 Å². The van der Waals surface area contributed by atoms with Crippen molar-refractivity contribution >= 4 is 17.6 Å². The largest absolute Gasteiger partial charge is 0.382 e. The first-order valence-electron chi connectivity index (χ1n) is 6.01. The van der Waals surface area contributed by atoms with Crippen LogP contribution in [0.5, 0.6) is 0 Å². The molecule has 0 aliphatic rings. The lowest BCUT2D eigenvalue weighted by Gasteiger charge is -1.99. The van der Waals surface area contributed by atoms with Gasteiger partial charge in [0, 0.05) is 17.3 Å². The van der Waals surface area contributed by atoms with E-state index in [0.717, 1.165) is 0 Å². The second kappa shape index (κ2) is 5.88. The minimum absolute atomic E-state index is 0.199. The molecular weight excluding hydrogens is 293 g/mol. The Hall–Kier alpha value is -2.48. The van der Waals surface area contributed by atoms with Crippen LogP contribution in [0.4, 0.5) is 10.2 Å². The SMILES string of the molecule is Nc1nccnc1-c1nc(CSc2ccccc2F)no1. The Morgan fingerprint density at radius 2 is 2.00 bits per heavy atom. The molecule has 21 heavy (non-hydrogen) atoms. The highest BCUT2D eigenvalue weighted by atomic mass is 32.2. The van der Waals surface area contributed by atoms with Crippen molar-refractivity contribution in [1.29, 1.82) is 0 Å². The summed E-state index contributed by atoms with van der Waals surface area (Å²) >= 11 is 1.29. The standard InChI is InChI=1S/C13H10FN5OS/c14-8-3-1-2-4-9(8)21-7-10-18-13(20-19-10)11-12(15)17-6-5-16-11/h1-6H,7H2,(H2,15,17). The van der Waals surface area contributed by atoms with Crippen LogP contribution in [-0.4, -0.2) is 20.1 Å². The van der Waals surface area contributed by atoms with E-state index in [4.69, 9.17) is 10.3 Å². The first-order chi connectivity index (χ1) is 10.2. The molecule has 3 rings (SSSR count). The van der Waals surface area contributed by atoms with Crippen LogP contribution in [0.25, 0.3) is 11.6 Å². The Morgan fingerprint density at radius 3 is 2.81 bits per heavy atom. The van der Waals surface area contributed by atoms with Gasteiger partial charge in [-0.05, 0) is 12.1 Å². The van der Waals surface area contributed by atoms with Crippen LogP contribution in [0, 0.1) is 5.82 Å². The molecule has 0 radical (unpaired) electrons. The fourth-order valence-corrected chi connectivity index (χ4v) is 2.41. The molecule has 0 saturated carbocycles. The second-order valence-corrected chi connectivity index (χ2v) is 5.04. The predicted octanol–water partition coefficient (Wildman–Crippen LogP) is 2.54. The maximum absolute atomic E-state index is 13.5. The minimum Gasteiger partial charge on any atom is -0.382 e. The summed E-state index contributed by atoms with van der Waals surface area (Å²) in [5, 5.41) is 3.83. The molecule has 0 saturated heterocycles. The Balaban J connectivity index is 1.74. The van der Waals surface area contributed by atoms with Gasteiger partial charge in [-0.1, -0.05) is 17.3 Å². The van der Waals surface area contributed by atoms with Gasteiger partial charge in [0.1, 0.15) is 5.82 Å². The fourth-order valence-electron chi connectivity index (χ4n) is 1.63. The van der Waals surface area contributed by atoms with Crippen LogP contribution in [0.15, 0.2) is 46.1 Å². The highest BCUT2D eigenvalue weighted by Crippen LogP contribution is 2.25. The maximum atomic E-state index is 13.5. The molecule has 0 amide bonds. The van der Waals surface area contributed by atoms with Gasteiger partial charge in [0.15, 0.2) is 17.3 Å². The Bertz CT molecular complexity index is 764. The number of hydrogen-bond acceptors (Lipinski definition) is 7. The van der Waals surface area contributed by atoms with Gasteiger partial charge < -0.3 is 10.3 Å². The molecule has 3 aromatic rings. The van der Waals surface area contributed by atoms with Crippen LogP contribution >= 0.6 is 11.8 Å². The van der Waals surface area contributed by atoms with E-state index in [2.05, 4.69) is 20.1 Å². The van der Waals surface area contributed by atoms with Crippen LogP contribution in [0.2, 0.25) is 0 Å². The van der Waals surface area contributed by atoms with Gasteiger partial charge in [-0.15, -0.1) is 11.8 Å². The maximum Gasteiger partial charge on any atom is 0.280 e. The lowest BCUT2D eigenvalue weighted by molar-refractivity contribution is 0.424. The third kappa shape index (κ3) is 3.00. The number of anilines is 1. The first kappa shape index (κ1) is 13.5. The number of hydrogen-bond donors (Lipinski definition) is 1. The second-order valence-electron chi connectivity index (χ2n) is 4.03. The minimum atomic E-state index is -0.274. The summed E-state index contributed by atoms with van der Waals surface area (Å²) in [5.74, 6) is 0.955. The lowest BCUT2D eigenvalue weighted by atomic mass is 10.3. The number of nitrogens with two attached hydrogens (primary N) is 1. The fraction of sp³-hybridized carbons (Fsp3) is 0.0769. The van der Waals surface area contributed by atoms with E-state index >= 15 is 0 Å². The Labute approximate surface area is 123 Å². The normalized spacial score (nSPS) is 10.7. The molecule has 6 nitrogen and oxygen atoms in total. The lowest BCUT2D eigenvalue weighted by Crippen LogP contribution is -1.96. The summed E-state index contributed by atoms with van der Waals surface area (Å²) in [6, 6.07) is 6.52. The average molecular weight is 303 g/mol. The predicted molar refractivity (Wildman–Crippen MR) is 75.7 cm³/mol. The summed E-state index contributed by atoms with van der Waals surface area (Å²) in [4.78, 5) is 12.7. The van der Waals surface area contributed by atoms with Crippen molar-refractivity contribution in [2.45, 2.75) is 10.6 Å². The molecule has 1 aromatic carbocycles. The zero-order valence-electron chi connectivity index (χ0n) is 10.7. The molecule has 0 fully saturated rings. The van der Waals surface area contributed by atoms with Gasteiger partial charge >= 0.3 is 0 Å². The number of rotatable bonds is 4. The van der Waals surface area contributed by atoms with Crippen LogP contribution < -0.4 is 5.73 Å². The summed E-state index contributed by atoms with van der Waals surface area (Å²) < 4.78 is 18.6. The quantitative estimate of drug-likeness (QED) is 0.740. The summed E-state index contributed by atoms with van der Waals surface area (Å²) in [5.41, 5.74) is 6.03. The smallest absolute Gasteiger partial charge is 0.280 e. The molecule has 0 atom stereocenters. The van der Waals surface area contributed by atoms with E-state index in [9.17, 15) is 4.39 Å². The van der Waals surface area contributed by atoms with Crippen LogP contribution in [0.3, 0.4) is 0 Å². The summed E-state index contributed by atoms with van der Waals surface area (Å²) in [6.45, 7) is 0. The molecule has 106 valence electrons. The van der Waals surface area contributed by atoms with E-state index in [1.807, 2.05) is 0 Å². The molecule has 2 N–H and O–H groups in total. The highest BCUT2D eigenvalue weighted by molar-refractivity contribution is 7.98. The molecule has 0 unspecified atom stereocenters. The summed E-state index contributed by atoms with van der Waals surface area (Å²) in [7, 11) is 0. The number of aromatic nitrogens is 4. The molecular formula is C13H10FN5OS. The number of halogens is 1. The van der Waals surface area contributed by atoms with Gasteiger partial charge in [-0.25, -0.2) is 14.4 Å². The van der Waals surface area contributed by atoms with Gasteiger partial charge in [-0.2, -0.15) is 4.98 Å². The van der Waals surface area contributed by atoms with Crippen molar-refractivity contribution in [3.8, 4) is 11.6 Å². The third-order valence-electron chi connectivity index (χ3n) is 2.59. The van der Waals surface area contributed by atoms with Gasteiger partial charge in [-0.3, -0.25) is 0 Å². The molecule has 0 bridgehead atoms. The van der Waals surface area contributed by atoms with Gasteiger partial charge in [0.2, 0.25) is 0 Å². The molecule has 0 spiro atoms. The van der Waals surface area contributed by atoms with Crippen LogP contribution in [0.1, 0.15) is 5.82 Å². The number of nitrogens with zero attached hydrogens (tertiary/aromatic N) is 4. The number of thioether (sulfide) groups is 1. The third-order valence-corrected chi connectivity index (χ3v) is 3.64. The summed E-state index contributed by atoms with van der Waals surface area (Å²) in [6.07, 6.45) is 2.97. The highest BCUT2D eigenvalue weighted by Gasteiger charge is 2.14. The first-order valence-corrected chi connectivity index (χ1v) is 6.99. The van der Waals surface area contributed by atoms with E-state index < -0.39 is 0 Å². The van der Waals surface area contributed by atoms with E-state index in [0.29, 0.717) is 22.2 Å². The van der Waals surface area contributed by atoms with Crippen molar-refractivity contribution in [2.24, 2.45) is 0 Å². The molecule has 8 heteroatoms. The Kier molecular flexibility index (Phi) is 3.78. The van der Waals surface area contributed by atoms with Crippen molar-refractivity contribution in [3.63, 3.8) is 0 Å². The molecule has 2 aromatic heterocycles. The van der Waals surface area contributed by atoms with Crippen molar-refractivity contribution in [3.05, 3.63) is 48.3 Å². The zero-order chi connectivity index (χ0) is 14.7. The van der Waals surface area contributed by atoms with E-state index in [1.165, 1.54) is 30.2 Å². The molecule has 0 aliphatic carbocycles. The van der Waals surface area contributed by atoms with Crippen molar-refractivity contribution in [2.75, 3.05) is 5.73 Å². The van der Waals surface area contributed by atoms with E-state index in [-0.39, 0.29) is 17.5 Å². The number of nitrogen functional groups attached to an aromatic ring is 1. The molecule has 2 heterocycles. The Morgan fingerprint density at radius 1 is 1.19 bits per heavy atom.